The number of rotatable bonds is 3. The molecule has 0 saturated carbocycles. The van der Waals surface area contributed by atoms with E-state index in [0.717, 1.165) is 6.26 Å². The lowest BCUT2D eigenvalue weighted by Gasteiger charge is -2.06. The number of sulfone groups is 1. The average Bonchev–Trinajstić information content (AvgIpc) is 2.69. The molecular weight excluding hydrogens is 304 g/mol. The number of halogens is 1. The van der Waals surface area contributed by atoms with Crippen molar-refractivity contribution in [2.45, 2.75) is 4.90 Å². The number of nitrogens with zero attached hydrogens (tertiary/aromatic N) is 2. The van der Waals surface area contributed by atoms with Crippen LogP contribution in [0.25, 0.3) is 11.3 Å². The van der Waals surface area contributed by atoms with Crippen LogP contribution in [0.5, 0.6) is 0 Å². The van der Waals surface area contributed by atoms with Crippen molar-refractivity contribution in [3.8, 4) is 11.3 Å². The zero-order valence-electron chi connectivity index (χ0n) is 10.7. The van der Waals surface area contributed by atoms with Gasteiger partial charge in [0, 0.05) is 23.9 Å². The first-order valence-corrected chi connectivity index (χ1v) is 7.74. The Balaban J connectivity index is 2.64. The fourth-order valence-corrected chi connectivity index (χ4v) is 2.75. The van der Waals surface area contributed by atoms with E-state index in [-0.39, 0.29) is 15.6 Å². The van der Waals surface area contributed by atoms with E-state index in [2.05, 4.69) is 5.10 Å². The summed E-state index contributed by atoms with van der Waals surface area (Å²) < 4.78 is 24.5. The monoisotopic (exact) mass is 314 g/mol. The highest BCUT2D eigenvalue weighted by Gasteiger charge is 2.16. The van der Waals surface area contributed by atoms with Gasteiger partial charge in [0.15, 0.2) is 15.5 Å². The lowest BCUT2D eigenvalue weighted by Crippen LogP contribution is -2.00. The number of aryl methyl sites for hydroxylation is 1. The second-order valence-corrected chi connectivity index (χ2v) is 6.74. The fraction of sp³-hybridized carbons (Fsp3) is 0.167. The van der Waals surface area contributed by atoms with Gasteiger partial charge in [-0.15, -0.1) is 0 Å². The third-order valence-electron chi connectivity index (χ3n) is 2.69. The Hall–Kier alpha value is -1.86. The van der Waals surface area contributed by atoms with Crippen LogP contribution in [0.4, 0.5) is 0 Å². The van der Waals surface area contributed by atoms with Gasteiger partial charge < -0.3 is 5.11 Å². The first kappa shape index (κ1) is 14.5. The minimum atomic E-state index is -3.41. The lowest BCUT2D eigenvalue weighted by atomic mass is 10.1. The van der Waals surface area contributed by atoms with Crippen LogP contribution in [0, 0.1) is 0 Å². The first-order chi connectivity index (χ1) is 9.18. The maximum Gasteiger partial charge on any atom is 0.356 e. The molecule has 1 heterocycles. The van der Waals surface area contributed by atoms with Crippen LogP contribution in [0.15, 0.2) is 29.2 Å². The summed E-state index contributed by atoms with van der Waals surface area (Å²) in [6, 6.07) is 5.69. The Morgan fingerprint density at radius 2 is 1.95 bits per heavy atom. The second-order valence-electron chi connectivity index (χ2n) is 4.29. The number of aromatic nitrogens is 2. The van der Waals surface area contributed by atoms with E-state index < -0.39 is 15.8 Å². The number of aromatic carboxylic acids is 1. The minimum absolute atomic E-state index is 0.0677. The Bertz CT molecular complexity index is 796. The van der Waals surface area contributed by atoms with Gasteiger partial charge >= 0.3 is 5.97 Å². The van der Waals surface area contributed by atoms with E-state index in [0.29, 0.717) is 11.3 Å². The largest absolute Gasteiger partial charge is 0.476 e. The Morgan fingerprint density at radius 3 is 2.45 bits per heavy atom. The van der Waals surface area contributed by atoms with Gasteiger partial charge in [-0.25, -0.2) is 13.2 Å². The summed E-state index contributed by atoms with van der Waals surface area (Å²) in [5.74, 6) is -1.16. The zero-order chi connectivity index (χ0) is 15.1. The van der Waals surface area contributed by atoms with Gasteiger partial charge in [-0.2, -0.15) is 5.10 Å². The average molecular weight is 315 g/mol. The molecule has 2 rings (SSSR count). The molecule has 0 spiro atoms. The number of carboxylic acids is 1. The molecule has 0 bridgehead atoms. The van der Waals surface area contributed by atoms with Crippen LogP contribution >= 0.6 is 11.6 Å². The molecule has 0 aliphatic carbocycles. The molecule has 0 unspecified atom stereocenters. The van der Waals surface area contributed by atoms with E-state index >= 15 is 0 Å². The highest BCUT2D eigenvalue weighted by atomic mass is 35.5. The predicted molar refractivity (Wildman–Crippen MR) is 73.7 cm³/mol. The molecule has 20 heavy (non-hydrogen) atoms. The molecule has 0 amide bonds. The molecule has 0 saturated heterocycles. The summed E-state index contributed by atoms with van der Waals surface area (Å²) in [7, 11) is -1.84. The molecule has 1 aromatic carbocycles. The molecule has 1 N–H and O–H groups in total. The van der Waals surface area contributed by atoms with Crippen LogP contribution in [-0.2, 0) is 16.9 Å². The molecule has 8 heteroatoms. The summed E-state index contributed by atoms with van der Waals surface area (Å²) in [6.07, 6.45) is 1.08. The highest BCUT2D eigenvalue weighted by molar-refractivity contribution is 7.90. The Kier molecular flexibility index (Phi) is 3.58. The van der Waals surface area contributed by atoms with Crippen LogP contribution in [0.3, 0.4) is 0 Å². The molecule has 0 fully saturated rings. The molecule has 2 aromatic rings. The second kappa shape index (κ2) is 4.92. The standard InChI is InChI=1S/C12H11ClN2O4S/c1-15-11(6-10(14-15)12(16)17)7-3-8(13)5-9(4-7)20(2,18)19/h3-6H,1-2H3,(H,16,17). The molecule has 6 nitrogen and oxygen atoms in total. The van der Waals surface area contributed by atoms with Crippen molar-refractivity contribution >= 4 is 27.4 Å². The number of hydrogen-bond acceptors (Lipinski definition) is 4. The van der Waals surface area contributed by atoms with Crippen LogP contribution < -0.4 is 0 Å². The van der Waals surface area contributed by atoms with E-state index in [1.807, 2.05) is 0 Å². The highest BCUT2D eigenvalue weighted by Crippen LogP contribution is 2.27. The van der Waals surface area contributed by atoms with Gasteiger partial charge in [0.1, 0.15) is 0 Å². The minimum Gasteiger partial charge on any atom is -0.476 e. The Labute approximate surface area is 120 Å². The van der Waals surface area contributed by atoms with Crippen molar-refractivity contribution in [3.05, 3.63) is 35.0 Å². The van der Waals surface area contributed by atoms with Gasteiger partial charge in [-0.1, -0.05) is 11.6 Å². The number of carboxylic acid groups (broad SMARTS) is 1. The molecule has 0 aliphatic heterocycles. The Morgan fingerprint density at radius 1 is 1.30 bits per heavy atom. The van der Waals surface area contributed by atoms with E-state index in [1.54, 1.807) is 13.1 Å². The summed E-state index contributed by atoms with van der Waals surface area (Å²) in [5, 5.41) is 13.0. The summed E-state index contributed by atoms with van der Waals surface area (Å²) in [6.45, 7) is 0. The van der Waals surface area contributed by atoms with Gasteiger partial charge in [-0.05, 0) is 24.3 Å². The number of benzene rings is 1. The molecule has 106 valence electrons. The van der Waals surface area contributed by atoms with Crippen molar-refractivity contribution in [1.82, 2.24) is 9.78 Å². The third-order valence-corrected chi connectivity index (χ3v) is 4.00. The van der Waals surface area contributed by atoms with Crippen molar-refractivity contribution in [1.29, 1.82) is 0 Å². The topological polar surface area (TPSA) is 89.3 Å². The summed E-state index contributed by atoms with van der Waals surface area (Å²) in [5.41, 5.74) is 0.832. The van der Waals surface area contributed by atoms with Gasteiger partial charge in [0.05, 0.1) is 10.6 Å². The van der Waals surface area contributed by atoms with Crippen molar-refractivity contribution < 1.29 is 18.3 Å². The maximum atomic E-state index is 11.6. The fourth-order valence-electron chi connectivity index (χ4n) is 1.77. The van der Waals surface area contributed by atoms with E-state index in [4.69, 9.17) is 16.7 Å². The molecule has 0 atom stereocenters. The van der Waals surface area contributed by atoms with Crippen molar-refractivity contribution in [2.75, 3.05) is 6.26 Å². The van der Waals surface area contributed by atoms with Crippen molar-refractivity contribution in [2.24, 2.45) is 7.05 Å². The van der Waals surface area contributed by atoms with Gasteiger partial charge in [-0.3, -0.25) is 4.68 Å². The van der Waals surface area contributed by atoms with Crippen molar-refractivity contribution in [3.63, 3.8) is 0 Å². The summed E-state index contributed by atoms with van der Waals surface area (Å²) >= 11 is 5.92. The smallest absolute Gasteiger partial charge is 0.356 e. The van der Waals surface area contributed by atoms with Crippen LogP contribution in [0.2, 0.25) is 5.02 Å². The number of hydrogen-bond donors (Lipinski definition) is 1. The summed E-state index contributed by atoms with van der Waals surface area (Å²) in [4.78, 5) is 11.0. The molecule has 1 aromatic heterocycles. The molecular formula is C12H11ClN2O4S. The van der Waals surface area contributed by atoms with Gasteiger partial charge in [0.2, 0.25) is 0 Å². The van der Waals surface area contributed by atoms with Crippen LogP contribution in [-0.4, -0.2) is 35.5 Å². The molecule has 0 aliphatic rings. The lowest BCUT2D eigenvalue weighted by molar-refractivity contribution is 0.0689. The predicted octanol–water partition coefficient (Wildman–Crippen LogP) is 1.84. The van der Waals surface area contributed by atoms with Crippen LogP contribution in [0.1, 0.15) is 10.5 Å². The normalized spacial score (nSPS) is 11.6. The number of carbonyl (C=O) groups is 1. The SMILES string of the molecule is Cn1nc(C(=O)O)cc1-c1cc(Cl)cc(S(C)(=O)=O)c1. The third kappa shape index (κ3) is 2.83. The quantitative estimate of drug-likeness (QED) is 0.933. The van der Waals surface area contributed by atoms with E-state index in [1.165, 1.54) is 22.9 Å². The van der Waals surface area contributed by atoms with Gasteiger partial charge in [0.25, 0.3) is 0 Å². The first-order valence-electron chi connectivity index (χ1n) is 5.47. The zero-order valence-corrected chi connectivity index (χ0v) is 12.2. The van der Waals surface area contributed by atoms with E-state index in [9.17, 15) is 13.2 Å². The molecule has 0 radical (unpaired) electrons. The maximum absolute atomic E-state index is 11.6.